The van der Waals surface area contributed by atoms with Crippen LogP contribution in [0.2, 0.25) is 0 Å². The lowest BCUT2D eigenvalue weighted by Gasteiger charge is -2.16. The second kappa shape index (κ2) is 9.10. The number of aromatic hydroxyl groups is 1. The van der Waals surface area contributed by atoms with Gasteiger partial charge in [0, 0.05) is 25.2 Å². The smallest absolute Gasteiger partial charge is 0.191 e. The molecule has 0 saturated carbocycles. The van der Waals surface area contributed by atoms with Crippen molar-refractivity contribution >= 4 is 5.96 Å². The Kier molecular flexibility index (Phi) is 7.43. The van der Waals surface area contributed by atoms with Gasteiger partial charge in [-0.15, -0.1) is 0 Å². The molecular formula is C16H27N3O2. The first-order valence-corrected chi connectivity index (χ1v) is 7.51. The van der Waals surface area contributed by atoms with Gasteiger partial charge in [0.1, 0.15) is 11.5 Å². The number of benzene rings is 1. The standard InChI is InChI=1S/C16H27N3O2/c1-5-12(3)19-16(17-6-2)18-10-9-13-7-8-14(21-4)11-15(13)20/h7-8,11-12,20H,5-6,9-10H2,1-4H3,(H2,17,18,19). The van der Waals surface area contributed by atoms with Crippen LogP contribution in [0.25, 0.3) is 0 Å². The molecule has 1 unspecified atom stereocenters. The fraction of sp³-hybridized carbons (Fsp3) is 0.562. The molecule has 0 radical (unpaired) electrons. The number of hydrogen-bond donors (Lipinski definition) is 3. The van der Waals surface area contributed by atoms with Crippen molar-refractivity contribution in [1.82, 2.24) is 10.6 Å². The summed E-state index contributed by atoms with van der Waals surface area (Å²) >= 11 is 0. The number of phenols is 1. The summed E-state index contributed by atoms with van der Waals surface area (Å²) < 4.78 is 5.07. The molecule has 1 atom stereocenters. The molecule has 5 nitrogen and oxygen atoms in total. The Morgan fingerprint density at radius 1 is 1.38 bits per heavy atom. The molecule has 0 fully saturated rings. The Balaban J connectivity index is 2.61. The number of nitrogens with zero attached hydrogens (tertiary/aromatic N) is 1. The molecule has 3 N–H and O–H groups in total. The van der Waals surface area contributed by atoms with Crippen LogP contribution in [0.3, 0.4) is 0 Å². The molecule has 0 bridgehead atoms. The van der Waals surface area contributed by atoms with Gasteiger partial charge in [-0.1, -0.05) is 13.0 Å². The van der Waals surface area contributed by atoms with Gasteiger partial charge >= 0.3 is 0 Å². The number of ether oxygens (including phenoxy) is 1. The average molecular weight is 293 g/mol. The van der Waals surface area contributed by atoms with Gasteiger partial charge in [0.05, 0.1) is 7.11 Å². The number of phenolic OH excluding ortho intramolecular Hbond substituents is 1. The highest BCUT2D eigenvalue weighted by atomic mass is 16.5. The summed E-state index contributed by atoms with van der Waals surface area (Å²) in [7, 11) is 1.59. The minimum Gasteiger partial charge on any atom is -0.508 e. The molecule has 0 aromatic heterocycles. The third kappa shape index (κ3) is 5.94. The molecule has 0 heterocycles. The van der Waals surface area contributed by atoms with E-state index in [4.69, 9.17) is 4.74 Å². The van der Waals surface area contributed by atoms with Gasteiger partial charge in [-0.25, -0.2) is 0 Å². The fourth-order valence-corrected chi connectivity index (χ4v) is 1.83. The first-order valence-electron chi connectivity index (χ1n) is 7.51. The van der Waals surface area contributed by atoms with Gasteiger partial charge < -0.3 is 20.5 Å². The zero-order chi connectivity index (χ0) is 15.7. The molecule has 0 saturated heterocycles. The molecule has 1 rings (SSSR count). The maximum Gasteiger partial charge on any atom is 0.191 e. The van der Waals surface area contributed by atoms with E-state index in [1.165, 1.54) is 0 Å². The van der Waals surface area contributed by atoms with Gasteiger partial charge in [0.25, 0.3) is 0 Å². The minimum absolute atomic E-state index is 0.254. The monoisotopic (exact) mass is 293 g/mol. The van der Waals surface area contributed by atoms with Crippen molar-refractivity contribution in [3.05, 3.63) is 23.8 Å². The number of hydrogen-bond acceptors (Lipinski definition) is 3. The quantitative estimate of drug-likeness (QED) is 0.533. The van der Waals surface area contributed by atoms with E-state index in [2.05, 4.69) is 29.5 Å². The lowest BCUT2D eigenvalue weighted by atomic mass is 10.1. The molecule has 0 aliphatic heterocycles. The number of methoxy groups -OCH3 is 1. The van der Waals surface area contributed by atoms with E-state index in [0.717, 1.165) is 24.5 Å². The van der Waals surface area contributed by atoms with Crippen molar-refractivity contribution in [1.29, 1.82) is 0 Å². The predicted molar refractivity (Wildman–Crippen MR) is 87.2 cm³/mol. The summed E-state index contributed by atoms with van der Waals surface area (Å²) in [6.07, 6.45) is 1.73. The van der Waals surface area contributed by atoms with E-state index < -0.39 is 0 Å². The molecule has 21 heavy (non-hydrogen) atoms. The summed E-state index contributed by atoms with van der Waals surface area (Å²) in [6, 6.07) is 5.74. The highest BCUT2D eigenvalue weighted by Gasteiger charge is 2.04. The van der Waals surface area contributed by atoms with E-state index in [-0.39, 0.29) is 5.75 Å². The van der Waals surface area contributed by atoms with Crippen molar-refractivity contribution in [2.24, 2.45) is 4.99 Å². The van der Waals surface area contributed by atoms with Crippen LogP contribution in [0, 0.1) is 0 Å². The van der Waals surface area contributed by atoms with Crippen LogP contribution < -0.4 is 15.4 Å². The maximum absolute atomic E-state index is 9.91. The zero-order valence-electron chi connectivity index (χ0n) is 13.4. The molecule has 0 aliphatic carbocycles. The first-order chi connectivity index (χ1) is 10.1. The van der Waals surface area contributed by atoms with Gasteiger partial charge in [-0.3, -0.25) is 4.99 Å². The van der Waals surface area contributed by atoms with E-state index in [1.807, 2.05) is 19.1 Å². The minimum atomic E-state index is 0.254. The van der Waals surface area contributed by atoms with E-state index in [9.17, 15) is 5.11 Å². The van der Waals surface area contributed by atoms with Crippen LogP contribution in [-0.2, 0) is 6.42 Å². The Labute approximate surface area is 127 Å². The van der Waals surface area contributed by atoms with E-state index in [1.54, 1.807) is 13.2 Å². The average Bonchev–Trinajstić information content (AvgIpc) is 2.48. The highest BCUT2D eigenvalue weighted by molar-refractivity contribution is 5.80. The summed E-state index contributed by atoms with van der Waals surface area (Å²) in [5.41, 5.74) is 0.874. The van der Waals surface area contributed by atoms with Crippen molar-refractivity contribution in [3.63, 3.8) is 0 Å². The van der Waals surface area contributed by atoms with Crippen molar-refractivity contribution < 1.29 is 9.84 Å². The Morgan fingerprint density at radius 2 is 2.14 bits per heavy atom. The zero-order valence-corrected chi connectivity index (χ0v) is 13.4. The lowest BCUT2D eigenvalue weighted by Crippen LogP contribution is -2.42. The number of guanidine groups is 1. The van der Waals surface area contributed by atoms with Crippen molar-refractivity contribution in [2.45, 2.75) is 39.7 Å². The largest absolute Gasteiger partial charge is 0.508 e. The van der Waals surface area contributed by atoms with E-state index in [0.29, 0.717) is 24.8 Å². The molecule has 1 aromatic carbocycles. The molecule has 1 aromatic rings. The molecular weight excluding hydrogens is 266 g/mol. The molecule has 0 amide bonds. The van der Waals surface area contributed by atoms with Crippen LogP contribution in [0.4, 0.5) is 0 Å². The number of nitrogens with one attached hydrogen (secondary N) is 2. The topological polar surface area (TPSA) is 65.9 Å². The number of rotatable bonds is 7. The van der Waals surface area contributed by atoms with Crippen molar-refractivity contribution in [2.75, 3.05) is 20.2 Å². The van der Waals surface area contributed by atoms with Gasteiger partial charge in [0.2, 0.25) is 0 Å². The molecule has 118 valence electrons. The Hall–Kier alpha value is -1.91. The first kappa shape index (κ1) is 17.1. The summed E-state index contributed by atoms with van der Waals surface area (Å²) in [5, 5.41) is 16.5. The van der Waals surface area contributed by atoms with Gasteiger partial charge in [-0.2, -0.15) is 0 Å². The molecule has 0 aliphatic rings. The lowest BCUT2D eigenvalue weighted by molar-refractivity contribution is 0.406. The van der Waals surface area contributed by atoms with Crippen LogP contribution in [0.1, 0.15) is 32.8 Å². The predicted octanol–water partition coefficient (Wildman–Crippen LogP) is 2.30. The Morgan fingerprint density at radius 3 is 2.71 bits per heavy atom. The molecule has 5 heteroatoms. The number of aliphatic imine (C=N–C) groups is 1. The van der Waals surface area contributed by atoms with Crippen LogP contribution in [0.15, 0.2) is 23.2 Å². The molecule has 0 spiro atoms. The van der Waals surface area contributed by atoms with Crippen LogP contribution in [0.5, 0.6) is 11.5 Å². The normalized spacial score (nSPS) is 12.9. The fourth-order valence-electron chi connectivity index (χ4n) is 1.83. The highest BCUT2D eigenvalue weighted by Crippen LogP contribution is 2.23. The summed E-state index contributed by atoms with van der Waals surface area (Å²) in [4.78, 5) is 4.53. The van der Waals surface area contributed by atoms with Crippen molar-refractivity contribution in [3.8, 4) is 11.5 Å². The van der Waals surface area contributed by atoms with E-state index >= 15 is 0 Å². The van der Waals surface area contributed by atoms with Crippen LogP contribution in [-0.4, -0.2) is 37.3 Å². The van der Waals surface area contributed by atoms with Gasteiger partial charge in [-0.05, 0) is 38.3 Å². The summed E-state index contributed by atoms with van der Waals surface area (Å²) in [5.74, 6) is 1.73. The third-order valence-electron chi connectivity index (χ3n) is 3.28. The third-order valence-corrected chi connectivity index (χ3v) is 3.28. The summed E-state index contributed by atoms with van der Waals surface area (Å²) in [6.45, 7) is 7.75. The second-order valence-electron chi connectivity index (χ2n) is 4.96. The van der Waals surface area contributed by atoms with Crippen LogP contribution >= 0.6 is 0 Å². The van der Waals surface area contributed by atoms with Gasteiger partial charge in [0.15, 0.2) is 5.96 Å². The second-order valence-corrected chi connectivity index (χ2v) is 4.96. The SMILES string of the molecule is CCNC(=NCCc1ccc(OC)cc1O)NC(C)CC. The maximum atomic E-state index is 9.91. The Bertz CT molecular complexity index is 461.